The minimum atomic E-state index is -0.449. The van der Waals surface area contributed by atoms with E-state index in [2.05, 4.69) is 20.2 Å². The van der Waals surface area contributed by atoms with E-state index in [-0.39, 0.29) is 5.91 Å². The number of aromatic nitrogens is 3. The second-order valence-corrected chi connectivity index (χ2v) is 8.65. The van der Waals surface area contributed by atoms with Gasteiger partial charge < -0.3 is 5.32 Å². The molecule has 142 valence electrons. The minimum absolute atomic E-state index is 0.0209. The fourth-order valence-corrected chi connectivity index (χ4v) is 3.28. The van der Waals surface area contributed by atoms with Gasteiger partial charge in [0.25, 0.3) is 0 Å². The number of nitrogens with one attached hydrogen (secondary N) is 1. The molecule has 1 aliphatic carbocycles. The van der Waals surface area contributed by atoms with Crippen molar-refractivity contribution in [1.29, 1.82) is 0 Å². The van der Waals surface area contributed by atoms with Crippen molar-refractivity contribution in [3.8, 4) is 0 Å². The van der Waals surface area contributed by atoms with Crippen LogP contribution >= 0.6 is 0 Å². The van der Waals surface area contributed by atoms with E-state index in [1.807, 2.05) is 39.1 Å². The number of anilines is 1. The molecule has 0 spiro atoms. The van der Waals surface area contributed by atoms with Gasteiger partial charge in [-0.05, 0) is 18.9 Å². The molecule has 6 heteroatoms. The first-order valence-electron chi connectivity index (χ1n) is 9.72. The highest BCUT2D eigenvalue weighted by Crippen LogP contribution is 2.38. The molecule has 4 rings (SSSR count). The summed E-state index contributed by atoms with van der Waals surface area (Å²) in [6.07, 6.45) is 7.14. The van der Waals surface area contributed by atoms with Crippen LogP contribution in [0.2, 0.25) is 0 Å². The molecule has 0 unspecified atom stereocenters. The molecule has 2 aromatic rings. The number of rotatable bonds is 4. The summed E-state index contributed by atoms with van der Waals surface area (Å²) in [6, 6.07) is 3.96. The Labute approximate surface area is 160 Å². The molecular formula is C21H27N5O. The molecule has 0 bridgehead atoms. The van der Waals surface area contributed by atoms with E-state index in [0.717, 1.165) is 37.4 Å². The number of pyridine rings is 1. The van der Waals surface area contributed by atoms with Crippen molar-refractivity contribution in [2.75, 3.05) is 11.9 Å². The summed E-state index contributed by atoms with van der Waals surface area (Å²) in [5.74, 6) is 2.26. The lowest BCUT2D eigenvalue weighted by Gasteiger charge is -2.28. The molecule has 27 heavy (non-hydrogen) atoms. The molecule has 1 fully saturated rings. The molecule has 1 amide bonds. The van der Waals surface area contributed by atoms with Crippen LogP contribution in [0.15, 0.2) is 24.5 Å². The second-order valence-electron chi connectivity index (χ2n) is 8.65. The number of carbonyl (C=O) groups excluding carboxylic acids is 1. The molecule has 0 radical (unpaired) electrons. The van der Waals surface area contributed by atoms with Crippen LogP contribution in [-0.2, 0) is 24.3 Å². The zero-order valence-corrected chi connectivity index (χ0v) is 16.3. The maximum Gasteiger partial charge on any atom is 0.230 e. The molecule has 1 saturated carbocycles. The van der Waals surface area contributed by atoms with Gasteiger partial charge in [0.15, 0.2) is 0 Å². The van der Waals surface area contributed by atoms with Crippen molar-refractivity contribution in [2.24, 2.45) is 5.41 Å². The third kappa shape index (κ3) is 4.16. The van der Waals surface area contributed by atoms with Gasteiger partial charge >= 0.3 is 0 Å². The summed E-state index contributed by atoms with van der Waals surface area (Å²) >= 11 is 0. The van der Waals surface area contributed by atoms with E-state index < -0.39 is 5.41 Å². The van der Waals surface area contributed by atoms with Crippen LogP contribution in [0.1, 0.15) is 62.2 Å². The highest BCUT2D eigenvalue weighted by Gasteiger charge is 2.28. The predicted octanol–water partition coefficient (Wildman–Crippen LogP) is 3.29. The Morgan fingerprint density at radius 3 is 2.85 bits per heavy atom. The van der Waals surface area contributed by atoms with Crippen LogP contribution in [0.3, 0.4) is 0 Å². The van der Waals surface area contributed by atoms with Gasteiger partial charge in [0, 0.05) is 66.6 Å². The standard InChI is InChI=1S/C21H27N5O/c1-21(2,3)20(27)25-19-15(5-4-9-22-19)12-26-10-8-17-16(13-26)11-23-18(24-17)14-6-7-14/h4-5,9,11,14H,6-8,10,12-13H2,1-3H3,(H,22,25,27). The highest BCUT2D eigenvalue weighted by atomic mass is 16.2. The van der Waals surface area contributed by atoms with E-state index in [4.69, 9.17) is 4.98 Å². The number of amides is 1. The Balaban J connectivity index is 1.46. The summed E-state index contributed by atoms with van der Waals surface area (Å²) in [5, 5.41) is 2.98. The zero-order chi connectivity index (χ0) is 19.0. The number of hydrogen-bond donors (Lipinski definition) is 1. The van der Waals surface area contributed by atoms with Crippen molar-refractivity contribution in [1.82, 2.24) is 19.9 Å². The van der Waals surface area contributed by atoms with Gasteiger partial charge in [-0.25, -0.2) is 15.0 Å². The van der Waals surface area contributed by atoms with Gasteiger partial charge in [-0.1, -0.05) is 26.8 Å². The lowest BCUT2D eigenvalue weighted by Crippen LogP contribution is -2.32. The van der Waals surface area contributed by atoms with Crippen LogP contribution in [0, 0.1) is 5.41 Å². The minimum Gasteiger partial charge on any atom is -0.310 e. The lowest BCUT2D eigenvalue weighted by atomic mass is 9.95. The molecule has 0 saturated heterocycles. The fraction of sp³-hybridized carbons (Fsp3) is 0.524. The summed E-state index contributed by atoms with van der Waals surface area (Å²) < 4.78 is 0. The summed E-state index contributed by atoms with van der Waals surface area (Å²) in [6.45, 7) is 8.25. The molecule has 3 heterocycles. The van der Waals surface area contributed by atoms with Crippen LogP contribution in [-0.4, -0.2) is 32.3 Å². The molecule has 1 aliphatic heterocycles. The Kier molecular flexibility index (Phi) is 4.68. The third-order valence-corrected chi connectivity index (χ3v) is 5.17. The molecule has 2 aliphatic rings. The Morgan fingerprint density at radius 1 is 1.30 bits per heavy atom. The van der Waals surface area contributed by atoms with E-state index in [1.165, 1.54) is 24.1 Å². The topological polar surface area (TPSA) is 71.0 Å². The fourth-order valence-electron chi connectivity index (χ4n) is 3.28. The number of fused-ring (bicyclic) bond motifs is 1. The van der Waals surface area contributed by atoms with Crippen LogP contribution in [0.5, 0.6) is 0 Å². The van der Waals surface area contributed by atoms with E-state index in [9.17, 15) is 4.79 Å². The van der Waals surface area contributed by atoms with E-state index in [0.29, 0.717) is 11.7 Å². The normalized spacial score (nSPS) is 17.4. The molecule has 2 aromatic heterocycles. The van der Waals surface area contributed by atoms with Gasteiger partial charge in [0.1, 0.15) is 11.6 Å². The van der Waals surface area contributed by atoms with Gasteiger partial charge in [-0.3, -0.25) is 9.69 Å². The molecule has 1 N–H and O–H groups in total. The number of nitrogens with zero attached hydrogens (tertiary/aromatic N) is 4. The van der Waals surface area contributed by atoms with E-state index >= 15 is 0 Å². The maximum absolute atomic E-state index is 12.4. The van der Waals surface area contributed by atoms with Crippen molar-refractivity contribution in [3.63, 3.8) is 0 Å². The third-order valence-electron chi connectivity index (χ3n) is 5.17. The highest BCUT2D eigenvalue weighted by molar-refractivity contribution is 5.94. The Bertz CT molecular complexity index is 854. The van der Waals surface area contributed by atoms with Gasteiger partial charge in [0.05, 0.1) is 0 Å². The molecule has 0 atom stereocenters. The largest absolute Gasteiger partial charge is 0.310 e. The SMILES string of the molecule is CC(C)(C)C(=O)Nc1ncccc1CN1CCc2nc(C3CC3)ncc2C1. The molecule has 6 nitrogen and oxygen atoms in total. The Morgan fingerprint density at radius 2 is 2.11 bits per heavy atom. The quantitative estimate of drug-likeness (QED) is 0.900. The molecular weight excluding hydrogens is 338 g/mol. The average Bonchev–Trinajstić information content (AvgIpc) is 3.47. The first-order valence-corrected chi connectivity index (χ1v) is 9.72. The van der Waals surface area contributed by atoms with Crippen molar-refractivity contribution < 1.29 is 4.79 Å². The predicted molar refractivity (Wildman–Crippen MR) is 104 cm³/mol. The van der Waals surface area contributed by atoms with Crippen molar-refractivity contribution in [3.05, 3.63) is 47.2 Å². The average molecular weight is 365 g/mol. The van der Waals surface area contributed by atoms with Crippen molar-refractivity contribution >= 4 is 11.7 Å². The van der Waals surface area contributed by atoms with Gasteiger partial charge in [0.2, 0.25) is 5.91 Å². The summed E-state index contributed by atoms with van der Waals surface area (Å²) in [7, 11) is 0. The smallest absolute Gasteiger partial charge is 0.230 e. The van der Waals surface area contributed by atoms with E-state index in [1.54, 1.807) is 6.20 Å². The van der Waals surface area contributed by atoms with Crippen molar-refractivity contribution in [2.45, 2.75) is 59.0 Å². The van der Waals surface area contributed by atoms with Crippen LogP contribution < -0.4 is 5.32 Å². The second kappa shape index (κ2) is 7.00. The van der Waals surface area contributed by atoms with Crippen LogP contribution in [0.4, 0.5) is 5.82 Å². The van der Waals surface area contributed by atoms with Crippen LogP contribution in [0.25, 0.3) is 0 Å². The molecule has 0 aromatic carbocycles. The number of carbonyl (C=O) groups is 1. The van der Waals surface area contributed by atoms with Gasteiger partial charge in [-0.15, -0.1) is 0 Å². The first-order chi connectivity index (χ1) is 12.9. The van der Waals surface area contributed by atoms with Gasteiger partial charge in [-0.2, -0.15) is 0 Å². The summed E-state index contributed by atoms with van der Waals surface area (Å²) in [4.78, 5) is 28.5. The zero-order valence-electron chi connectivity index (χ0n) is 16.3. The first kappa shape index (κ1) is 18.0. The maximum atomic E-state index is 12.4. The monoisotopic (exact) mass is 365 g/mol. The number of hydrogen-bond acceptors (Lipinski definition) is 5. The lowest BCUT2D eigenvalue weighted by molar-refractivity contribution is -0.123. The summed E-state index contributed by atoms with van der Waals surface area (Å²) in [5.41, 5.74) is 3.01. The Hall–Kier alpha value is -2.34.